The third-order valence-corrected chi connectivity index (χ3v) is 8.95. The number of aliphatic hydroxyl groups is 1. The van der Waals surface area contributed by atoms with E-state index in [9.17, 15) is 24.3 Å². The smallest absolute Gasteiger partial charge is 0.268 e. The maximum absolute atomic E-state index is 12.5. The topological polar surface area (TPSA) is 227 Å². The molecule has 0 saturated carbocycles. The zero-order chi connectivity index (χ0) is 47.7. The van der Waals surface area contributed by atoms with Gasteiger partial charge in [-0.05, 0) is 165 Å². The summed E-state index contributed by atoms with van der Waals surface area (Å²) in [5.41, 5.74) is 19.2. The number of nitrogens with two attached hydrogens (primary N) is 2. The Balaban J connectivity index is 0.000000369. The molecule has 4 rings (SSSR count). The molecule has 0 aliphatic carbocycles. The summed E-state index contributed by atoms with van der Waals surface area (Å²) in [4.78, 5) is 53.1. The number of carbonyl (C=O) groups is 4. The Labute approximate surface area is 388 Å². The third-order valence-electron chi connectivity index (χ3n) is 8.28. The SMILES string of the molecule is C#CC#Cc1ccc(C(=O)NC(C(=O)NOC)[C@@H](C)OC(C)(C)C)cc1.C[C@@H](O)C(NC(=O)c1ccc(C#CC#Cc2cccc(CN)c2)cc1)C(=O)NO.NCc1cccc(I)c1. The number of hydrogen-bond donors (Lipinski definition) is 8. The Morgan fingerprint density at radius 1 is 0.719 bits per heavy atom. The Hall–Kier alpha value is -6.51. The van der Waals surface area contributed by atoms with Crippen molar-refractivity contribution in [1.82, 2.24) is 21.6 Å². The van der Waals surface area contributed by atoms with Gasteiger partial charge in [0, 0.05) is 44.5 Å². The fraction of sp³-hybridized carbons (Fsp3) is 0.265. The summed E-state index contributed by atoms with van der Waals surface area (Å²) in [6.07, 6.45) is 3.33. The lowest BCUT2D eigenvalue weighted by molar-refractivity contribution is -0.140. The van der Waals surface area contributed by atoms with Crippen molar-refractivity contribution >= 4 is 46.2 Å². The Morgan fingerprint density at radius 3 is 1.64 bits per heavy atom. The highest BCUT2D eigenvalue weighted by atomic mass is 127. The summed E-state index contributed by atoms with van der Waals surface area (Å²) in [6.45, 7) is 9.72. The van der Waals surface area contributed by atoms with Crippen LogP contribution in [0.1, 0.15) is 83.2 Å². The minimum Gasteiger partial charge on any atom is -0.391 e. The largest absolute Gasteiger partial charge is 0.391 e. The van der Waals surface area contributed by atoms with Gasteiger partial charge in [0.25, 0.3) is 23.6 Å². The number of rotatable bonds is 12. The Morgan fingerprint density at radius 2 is 1.20 bits per heavy atom. The van der Waals surface area contributed by atoms with Crippen molar-refractivity contribution in [1.29, 1.82) is 0 Å². The lowest BCUT2D eigenvalue weighted by Crippen LogP contribution is -2.54. The summed E-state index contributed by atoms with van der Waals surface area (Å²) >= 11 is 2.27. The van der Waals surface area contributed by atoms with Gasteiger partial charge in [-0.3, -0.25) is 29.2 Å². The highest BCUT2D eigenvalue weighted by Crippen LogP contribution is 2.14. The summed E-state index contributed by atoms with van der Waals surface area (Å²) < 4.78 is 7.05. The fourth-order valence-electron chi connectivity index (χ4n) is 5.27. The summed E-state index contributed by atoms with van der Waals surface area (Å²) in [6, 6.07) is 26.5. The van der Waals surface area contributed by atoms with Gasteiger partial charge >= 0.3 is 0 Å². The molecule has 0 fully saturated rings. The number of halogens is 1. The zero-order valence-electron chi connectivity index (χ0n) is 36.4. The molecule has 4 atom stereocenters. The molecule has 4 aromatic rings. The van der Waals surface area contributed by atoms with E-state index in [4.69, 9.17) is 27.8 Å². The van der Waals surface area contributed by atoms with Gasteiger partial charge in [-0.25, -0.2) is 11.0 Å². The molecule has 0 radical (unpaired) electrons. The summed E-state index contributed by atoms with van der Waals surface area (Å²) in [5, 5.41) is 23.3. The van der Waals surface area contributed by atoms with Crippen LogP contribution in [0.15, 0.2) is 97.1 Å². The zero-order valence-corrected chi connectivity index (χ0v) is 38.6. The van der Waals surface area contributed by atoms with E-state index in [2.05, 4.69) is 97.1 Å². The van der Waals surface area contributed by atoms with Gasteiger partial charge in [0.1, 0.15) is 12.1 Å². The van der Waals surface area contributed by atoms with Crippen molar-refractivity contribution in [3.05, 3.63) is 140 Å². The normalized spacial score (nSPS) is 11.8. The van der Waals surface area contributed by atoms with Crippen molar-refractivity contribution in [3.63, 3.8) is 0 Å². The molecule has 64 heavy (non-hydrogen) atoms. The highest BCUT2D eigenvalue weighted by Gasteiger charge is 2.31. The lowest BCUT2D eigenvalue weighted by Gasteiger charge is -2.30. The van der Waals surface area contributed by atoms with Gasteiger partial charge in [-0.1, -0.05) is 42.0 Å². The first-order valence-electron chi connectivity index (χ1n) is 19.6. The van der Waals surface area contributed by atoms with Crippen LogP contribution >= 0.6 is 22.6 Å². The van der Waals surface area contributed by atoms with Gasteiger partial charge in [0.05, 0.1) is 24.9 Å². The van der Waals surface area contributed by atoms with Gasteiger partial charge in [0.15, 0.2) is 0 Å². The highest BCUT2D eigenvalue weighted by molar-refractivity contribution is 14.1. The molecule has 0 aliphatic rings. The molecule has 334 valence electrons. The molecule has 0 saturated heterocycles. The maximum atomic E-state index is 12.5. The molecule has 4 aromatic carbocycles. The first kappa shape index (κ1) is 53.6. The summed E-state index contributed by atoms with van der Waals surface area (Å²) in [5.74, 6) is 16.4. The second-order valence-electron chi connectivity index (χ2n) is 14.5. The van der Waals surface area contributed by atoms with E-state index in [1.165, 1.54) is 40.8 Å². The van der Waals surface area contributed by atoms with Crippen LogP contribution in [-0.2, 0) is 32.3 Å². The van der Waals surface area contributed by atoms with Crippen molar-refractivity contribution < 1.29 is 39.1 Å². The molecular weight excluding hydrogens is 927 g/mol. The number of hydroxylamine groups is 2. The Bertz CT molecular complexity index is 2410. The predicted molar refractivity (Wildman–Crippen MR) is 253 cm³/mol. The molecule has 15 heteroatoms. The van der Waals surface area contributed by atoms with E-state index in [1.807, 2.05) is 57.2 Å². The van der Waals surface area contributed by atoms with Gasteiger partial charge in [0.2, 0.25) is 0 Å². The second kappa shape index (κ2) is 28.2. The third kappa shape index (κ3) is 20.1. The van der Waals surface area contributed by atoms with Crippen LogP contribution < -0.4 is 33.1 Å². The number of hydrogen-bond acceptors (Lipinski definition) is 10. The number of nitrogens with one attached hydrogen (secondary N) is 4. The van der Waals surface area contributed by atoms with Crippen molar-refractivity contribution in [2.24, 2.45) is 11.5 Å². The molecule has 0 heterocycles. The first-order chi connectivity index (χ1) is 30.4. The molecule has 0 bridgehead atoms. The number of benzene rings is 4. The van der Waals surface area contributed by atoms with Crippen LogP contribution in [0.5, 0.6) is 0 Å². The first-order valence-corrected chi connectivity index (χ1v) is 20.7. The molecule has 2 unspecified atom stereocenters. The van der Waals surface area contributed by atoms with Crippen LogP contribution in [-0.4, -0.2) is 70.9 Å². The maximum Gasteiger partial charge on any atom is 0.268 e. The Kier molecular flexibility index (Phi) is 23.7. The molecule has 0 aromatic heterocycles. The number of carbonyl (C=O) groups excluding carboxylic acids is 4. The van der Waals surface area contributed by atoms with Crippen LogP contribution in [0.25, 0.3) is 0 Å². The van der Waals surface area contributed by atoms with E-state index in [-0.39, 0.29) is 5.56 Å². The number of terminal acetylenes is 1. The molecular formula is C49H53IN6O8. The molecule has 4 amide bonds. The van der Waals surface area contributed by atoms with Crippen molar-refractivity contribution in [3.8, 4) is 47.9 Å². The average Bonchev–Trinajstić information content (AvgIpc) is 3.27. The van der Waals surface area contributed by atoms with Crippen molar-refractivity contribution in [2.45, 2.75) is 77.6 Å². The van der Waals surface area contributed by atoms with Gasteiger partial charge < -0.3 is 31.9 Å². The van der Waals surface area contributed by atoms with E-state index in [0.29, 0.717) is 29.8 Å². The standard InChI is InChI=1S/C22H21N3O4.C20H24N2O4.C7H8IN/c1-15(26)20(22(28)25-29)24-21(27)19-11-9-16(10-12-19)5-2-3-6-17-7-4-8-18(13-17)14-23;1-7-8-9-15-10-12-16(13-11-15)18(23)21-17(19(24)22-25-6)14(2)26-20(3,4)5;8-7-3-1-2-6(4-7)5-9/h4,7-13,15,20,26,29H,14,23H2,1H3,(H,24,27)(H,25,28);1,10-14,17H,2-6H3,(H,21,23)(H,22,24);1-4H,5,9H2/t15-,20?;14-,17?;/m11./s1. The minimum atomic E-state index is -1.28. The van der Waals surface area contributed by atoms with Crippen LogP contribution in [0.4, 0.5) is 0 Å². The number of amides is 4. The lowest BCUT2D eigenvalue weighted by atomic mass is 10.1. The second-order valence-corrected chi connectivity index (χ2v) is 15.8. The molecule has 10 N–H and O–H groups in total. The van der Waals surface area contributed by atoms with Crippen LogP contribution in [0.3, 0.4) is 0 Å². The van der Waals surface area contributed by atoms with E-state index in [1.54, 1.807) is 43.3 Å². The average molecular weight is 981 g/mol. The molecule has 0 spiro atoms. The predicted octanol–water partition coefficient (Wildman–Crippen LogP) is 3.93. The van der Waals surface area contributed by atoms with Gasteiger partial charge in [-0.15, -0.1) is 6.42 Å². The van der Waals surface area contributed by atoms with Crippen LogP contribution in [0.2, 0.25) is 0 Å². The monoisotopic (exact) mass is 980 g/mol. The summed E-state index contributed by atoms with van der Waals surface area (Å²) in [7, 11) is 1.32. The van der Waals surface area contributed by atoms with Crippen molar-refractivity contribution in [2.75, 3.05) is 7.11 Å². The number of aliphatic hydroxyl groups excluding tert-OH is 1. The fourth-order valence-corrected chi connectivity index (χ4v) is 5.88. The van der Waals surface area contributed by atoms with Crippen LogP contribution in [0, 0.1) is 51.4 Å². The minimum absolute atomic E-state index is 0.275. The van der Waals surface area contributed by atoms with E-state index < -0.39 is 53.5 Å². The van der Waals surface area contributed by atoms with E-state index >= 15 is 0 Å². The quantitative estimate of drug-likeness (QED) is 0.0442. The van der Waals surface area contributed by atoms with Gasteiger partial charge in [-0.2, -0.15) is 0 Å². The molecule has 14 nitrogen and oxygen atoms in total. The number of ether oxygens (including phenoxy) is 1. The van der Waals surface area contributed by atoms with E-state index in [0.717, 1.165) is 11.1 Å². The molecule has 0 aliphatic heterocycles.